The molecule has 0 radical (unpaired) electrons. The number of fused-ring (bicyclic) bond motifs is 9. The van der Waals surface area contributed by atoms with Gasteiger partial charge in [-0.3, -0.25) is 0 Å². The molecule has 0 bridgehead atoms. The molecule has 13 rings (SSSR count). The third-order valence-corrected chi connectivity index (χ3v) is 19.7. The van der Waals surface area contributed by atoms with Gasteiger partial charge in [0.05, 0.1) is 11.1 Å². The van der Waals surface area contributed by atoms with Gasteiger partial charge in [0, 0.05) is 50.9 Å². The third-order valence-electron chi connectivity index (χ3n) is 19.7. The molecule has 412 valence electrons. The average Bonchev–Trinajstić information content (AvgIpc) is 3.84. The van der Waals surface area contributed by atoms with Crippen molar-refractivity contribution >= 4 is 96.2 Å². The van der Waals surface area contributed by atoms with Crippen LogP contribution in [0.4, 0.5) is 51.2 Å². The van der Waals surface area contributed by atoms with Gasteiger partial charge in [-0.1, -0.05) is 184 Å². The molecule has 0 spiro atoms. The van der Waals surface area contributed by atoms with E-state index in [0.717, 1.165) is 64.0 Å². The van der Waals surface area contributed by atoms with Crippen molar-refractivity contribution in [2.75, 3.05) is 14.7 Å². The summed E-state index contributed by atoms with van der Waals surface area (Å²) in [6, 6.07) is 57.0. The van der Waals surface area contributed by atoms with E-state index >= 15 is 0 Å². The smallest absolute Gasteiger partial charge is 0.252 e. The molecule has 1 aromatic heterocycles. The highest BCUT2D eigenvalue weighted by Crippen LogP contribution is 2.56. The summed E-state index contributed by atoms with van der Waals surface area (Å²) in [6.07, 6.45) is 3.41. The highest BCUT2D eigenvalue weighted by molar-refractivity contribution is 7.00. The molecule has 2 aliphatic heterocycles. The van der Waals surface area contributed by atoms with E-state index in [1.807, 2.05) is 0 Å². The van der Waals surface area contributed by atoms with Crippen LogP contribution in [0.5, 0.6) is 0 Å². The van der Waals surface area contributed by atoms with Gasteiger partial charge in [-0.05, 0) is 204 Å². The summed E-state index contributed by atoms with van der Waals surface area (Å²) in [4.78, 5) is 7.87. The minimum Gasteiger partial charge on any atom is -0.456 e. The Kier molecular flexibility index (Phi) is 11.5. The maximum absolute atomic E-state index is 6.81. The number of furan rings is 1. The van der Waals surface area contributed by atoms with Crippen molar-refractivity contribution in [2.45, 2.75) is 182 Å². The molecule has 8 aromatic carbocycles. The van der Waals surface area contributed by atoms with Crippen LogP contribution in [0.25, 0.3) is 21.9 Å². The minimum absolute atomic E-state index is 0.0000419. The fourth-order valence-electron chi connectivity index (χ4n) is 15.1. The molecular weight excluding hydrogens is 982 g/mol. The highest BCUT2D eigenvalue weighted by atomic mass is 16.3. The lowest BCUT2D eigenvalue weighted by atomic mass is 9.33. The van der Waals surface area contributed by atoms with Gasteiger partial charge in [0.15, 0.2) is 0 Å². The Balaban J connectivity index is 1.16. The Morgan fingerprint density at radius 3 is 1.48 bits per heavy atom. The second-order valence-electron chi connectivity index (χ2n) is 30.6. The van der Waals surface area contributed by atoms with Crippen LogP contribution >= 0.6 is 0 Å². The van der Waals surface area contributed by atoms with E-state index in [1.165, 1.54) is 89.3 Å². The monoisotopic (exact) mass is 1070 g/mol. The summed E-state index contributed by atoms with van der Waals surface area (Å²) in [5, 5.41) is 2.24. The van der Waals surface area contributed by atoms with Crippen LogP contribution in [0, 0.1) is 6.92 Å². The van der Waals surface area contributed by atoms with Crippen molar-refractivity contribution in [3.8, 4) is 0 Å². The molecule has 3 heterocycles. The van der Waals surface area contributed by atoms with E-state index in [-0.39, 0.29) is 44.6 Å². The first-order chi connectivity index (χ1) is 37.9. The van der Waals surface area contributed by atoms with Crippen LogP contribution in [0.15, 0.2) is 150 Å². The number of hydrogen-bond donors (Lipinski definition) is 0. The zero-order valence-corrected chi connectivity index (χ0v) is 51.8. The first-order valence-electron chi connectivity index (χ1n) is 30.1. The quantitative estimate of drug-likeness (QED) is 0.160. The van der Waals surface area contributed by atoms with E-state index in [9.17, 15) is 0 Å². The number of nitrogens with zero attached hydrogens (tertiary/aromatic N) is 3. The summed E-state index contributed by atoms with van der Waals surface area (Å²) in [5.41, 5.74) is 27.7. The lowest BCUT2D eigenvalue weighted by Gasteiger charge is -2.48. The fraction of sp³-hybridized carbons (Fsp3) is 0.368. The van der Waals surface area contributed by atoms with E-state index in [4.69, 9.17) is 4.42 Å². The Bertz CT molecular complexity index is 3990. The molecule has 5 heteroatoms. The molecular formula is C76H84BN3O. The van der Waals surface area contributed by atoms with E-state index < -0.39 is 0 Å². The zero-order chi connectivity index (χ0) is 57.5. The second-order valence-corrected chi connectivity index (χ2v) is 30.6. The largest absolute Gasteiger partial charge is 0.456 e. The molecule has 2 aliphatic carbocycles. The molecule has 0 unspecified atom stereocenters. The highest BCUT2D eigenvalue weighted by Gasteiger charge is 2.49. The first-order valence-corrected chi connectivity index (χ1v) is 30.1. The Morgan fingerprint density at radius 2 is 0.901 bits per heavy atom. The number of para-hydroxylation sites is 1. The predicted molar refractivity (Wildman–Crippen MR) is 349 cm³/mol. The van der Waals surface area contributed by atoms with Crippen LogP contribution in [0.1, 0.15) is 181 Å². The first kappa shape index (κ1) is 53.3. The van der Waals surface area contributed by atoms with Crippen molar-refractivity contribution in [3.63, 3.8) is 0 Å². The molecule has 0 atom stereocenters. The molecule has 9 aromatic rings. The molecule has 0 saturated carbocycles. The molecule has 81 heavy (non-hydrogen) atoms. The predicted octanol–water partition coefficient (Wildman–Crippen LogP) is 19.6. The van der Waals surface area contributed by atoms with Gasteiger partial charge in [-0.15, -0.1) is 0 Å². The van der Waals surface area contributed by atoms with Gasteiger partial charge in [0.2, 0.25) is 0 Å². The summed E-state index contributed by atoms with van der Waals surface area (Å²) >= 11 is 0. The van der Waals surface area contributed by atoms with Crippen molar-refractivity contribution < 1.29 is 4.42 Å². The maximum atomic E-state index is 6.81. The number of aryl methyl sites for hydroxylation is 1. The lowest BCUT2D eigenvalue weighted by Crippen LogP contribution is -2.62. The summed E-state index contributed by atoms with van der Waals surface area (Å²) in [6.45, 7) is 43.1. The van der Waals surface area contributed by atoms with Crippen molar-refractivity contribution in [3.05, 3.63) is 190 Å². The minimum atomic E-state index is -0.189. The van der Waals surface area contributed by atoms with E-state index in [0.29, 0.717) is 0 Å². The Morgan fingerprint density at radius 1 is 0.420 bits per heavy atom. The van der Waals surface area contributed by atoms with Crippen molar-refractivity contribution in [2.24, 2.45) is 0 Å². The van der Waals surface area contributed by atoms with E-state index in [2.05, 4.69) is 285 Å². The zero-order valence-electron chi connectivity index (χ0n) is 51.8. The third kappa shape index (κ3) is 8.35. The molecule has 0 N–H and O–H groups in total. The molecule has 0 amide bonds. The fourth-order valence-corrected chi connectivity index (χ4v) is 15.1. The van der Waals surface area contributed by atoms with Gasteiger partial charge in [0.25, 0.3) is 6.71 Å². The van der Waals surface area contributed by atoms with Gasteiger partial charge < -0.3 is 19.1 Å². The normalized spacial score (nSPS) is 17.4. The summed E-state index contributed by atoms with van der Waals surface area (Å²) in [5.74, 6) is 0. The summed E-state index contributed by atoms with van der Waals surface area (Å²) in [7, 11) is 0. The average molecular weight is 1070 g/mol. The SMILES string of the molecule is Cc1cc2c(cc1N1c3cc4c(cc3B3c5ccc(N(c6ccc(C(C)(C)C)cc6)c6ccc(C(C)(C)C)cc6)cc5N(c5cccc6oc7ccccc7c56)c5cc(C(C)(C)C)cc1c53)C(C)(C)CCC4(C)C)C(C)(C)CC2(C)C. The number of hydrogen-bond acceptors (Lipinski definition) is 4. The Hall–Kier alpha value is -6.98. The second kappa shape index (κ2) is 17.5. The van der Waals surface area contributed by atoms with Crippen molar-refractivity contribution in [1.82, 2.24) is 0 Å². The van der Waals surface area contributed by atoms with Gasteiger partial charge >= 0.3 is 0 Å². The Labute approximate surface area is 484 Å². The number of benzene rings is 8. The molecule has 4 aliphatic rings. The van der Waals surface area contributed by atoms with Crippen molar-refractivity contribution in [1.29, 1.82) is 0 Å². The van der Waals surface area contributed by atoms with Crippen LogP contribution < -0.4 is 31.1 Å². The van der Waals surface area contributed by atoms with Crippen LogP contribution in [0.3, 0.4) is 0 Å². The number of rotatable bonds is 5. The van der Waals surface area contributed by atoms with Gasteiger partial charge in [0.1, 0.15) is 11.2 Å². The number of anilines is 9. The van der Waals surface area contributed by atoms with Crippen LogP contribution in [-0.2, 0) is 37.9 Å². The van der Waals surface area contributed by atoms with Crippen LogP contribution in [0.2, 0.25) is 0 Å². The standard InChI is InChI=1S/C76H84BN3O/c1-46-38-54-57(76(17,18)45-75(54,15)16)43-61(46)80-63-44-56-55(73(11,12)36-37-74(56,13)14)42-59(63)77-58-35-34-52(78(50-30-26-47(27-31-50)70(2,3)4)51-32-28-48(29-33-51)71(5,6)7)41-62(58)79(64-39-49(72(8,9)10)40-65(80)69(64)77)60-23-21-25-67-68(60)53-22-19-20-24-66(53)81-67/h19-35,38-44H,36-37,45H2,1-18H3. The van der Waals surface area contributed by atoms with E-state index in [1.54, 1.807) is 0 Å². The van der Waals surface area contributed by atoms with Gasteiger partial charge in [-0.2, -0.15) is 0 Å². The van der Waals surface area contributed by atoms with Crippen LogP contribution in [-0.4, -0.2) is 6.71 Å². The molecule has 0 fully saturated rings. The molecule has 0 saturated heterocycles. The lowest BCUT2D eigenvalue weighted by molar-refractivity contribution is 0.332. The van der Waals surface area contributed by atoms with Gasteiger partial charge in [-0.25, -0.2) is 0 Å². The molecule has 4 nitrogen and oxygen atoms in total. The summed E-state index contributed by atoms with van der Waals surface area (Å²) < 4.78 is 6.81. The maximum Gasteiger partial charge on any atom is 0.252 e. The topological polar surface area (TPSA) is 22.9 Å².